The maximum absolute atomic E-state index is 6.36. The number of hydrogen-bond donors (Lipinski definition) is 0. The monoisotopic (exact) mass is 478 g/mol. The summed E-state index contributed by atoms with van der Waals surface area (Å²) in [5.41, 5.74) is 4.29. The van der Waals surface area contributed by atoms with Gasteiger partial charge >= 0.3 is 0 Å². The number of rotatable bonds is 5. The van der Waals surface area contributed by atoms with Crippen LogP contribution in [-0.4, -0.2) is 41.3 Å². The number of anilines is 1. The van der Waals surface area contributed by atoms with Crippen molar-refractivity contribution in [2.24, 2.45) is 0 Å². The van der Waals surface area contributed by atoms with Crippen molar-refractivity contribution >= 4 is 28.9 Å². The number of aryl methyl sites for hydroxylation is 1. The Morgan fingerprint density at radius 1 is 0.848 bits per heavy atom. The molecule has 168 valence electrons. The number of halogens is 2. The summed E-state index contributed by atoms with van der Waals surface area (Å²) >= 11 is 12.6. The molecule has 1 atom stereocenters. The van der Waals surface area contributed by atoms with E-state index in [0.717, 1.165) is 42.3 Å². The van der Waals surface area contributed by atoms with Crippen LogP contribution >= 0.6 is 23.2 Å². The summed E-state index contributed by atoms with van der Waals surface area (Å²) in [7, 11) is 0. The summed E-state index contributed by atoms with van der Waals surface area (Å²) < 4.78 is 6.19. The second-order valence-corrected chi connectivity index (χ2v) is 9.04. The molecular formula is C26H24Cl2N4O. The first-order valence-electron chi connectivity index (χ1n) is 11.0. The molecule has 2 heterocycles. The van der Waals surface area contributed by atoms with Gasteiger partial charge in [-0.1, -0.05) is 71.7 Å². The lowest BCUT2D eigenvalue weighted by Crippen LogP contribution is -2.48. The molecular weight excluding hydrogens is 455 g/mol. The number of piperazine rings is 1. The molecule has 4 aromatic rings. The summed E-state index contributed by atoms with van der Waals surface area (Å²) in [5.74, 6) is 1.01. The Bertz CT molecular complexity index is 1240. The van der Waals surface area contributed by atoms with Crippen molar-refractivity contribution in [1.82, 2.24) is 15.1 Å². The van der Waals surface area contributed by atoms with E-state index < -0.39 is 0 Å². The highest BCUT2D eigenvalue weighted by atomic mass is 35.5. The normalized spacial score (nSPS) is 15.5. The highest BCUT2D eigenvalue weighted by Crippen LogP contribution is 2.34. The summed E-state index contributed by atoms with van der Waals surface area (Å²) in [6.07, 6.45) is 0. The van der Waals surface area contributed by atoms with Gasteiger partial charge in [0.05, 0.1) is 10.6 Å². The zero-order valence-corrected chi connectivity index (χ0v) is 19.8. The predicted octanol–water partition coefficient (Wildman–Crippen LogP) is 6.26. The maximum Gasteiger partial charge on any atom is 0.249 e. The van der Waals surface area contributed by atoms with Gasteiger partial charge in [-0.2, -0.15) is 0 Å². The molecule has 1 aliphatic heterocycles. The first-order chi connectivity index (χ1) is 16.1. The number of nitrogens with zero attached hydrogens (tertiary/aromatic N) is 4. The van der Waals surface area contributed by atoms with Gasteiger partial charge in [0.1, 0.15) is 6.04 Å². The van der Waals surface area contributed by atoms with Crippen LogP contribution in [0.4, 0.5) is 5.69 Å². The van der Waals surface area contributed by atoms with E-state index in [1.165, 1.54) is 11.3 Å². The third kappa shape index (κ3) is 4.62. The zero-order valence-electron chi connectivity index (χ0n) is 18.3. The molecule has 0 aliphatic carbocycles. The van der Waals surface area contributed by atoms with Crippen molar-refractivity contribution in [2.75, 3.05) is 31.1 Å². The van der Waals surface area contributed by atoms with E-state index in [0.29, 0.717) is 16.8 Å². The van der Waals surface area contributed by atoms with E-state index in [1.807, 2.05) is 48.5 Å². The van der Waals surface area contributed by atoms with E-state index in [-0.39, 0.29) is 6.04 Å². The van der Waals surface area contributed by atoms with Gasteiger partial charge in [0.15, 0.2) is 0 Å². The smallest absolute Gasteiger partial charge is 0.249 e. The summed E-state index contributed by atoms with van der Waals surface area (Å²) in [6, 6.07) is 23.8. The first-order valence-corrected chi connectivity index (χ1v) is 11.7. The second kappa shape index (κ2) is 9.56. The van der Waals surface area contributed by atoms with Crippen molar-refractivity contribution in [3.63, 3.8) is 0 Å². The van der Waals surface area contributed by atoms with Gasteiger partial charge in [0, 0.05) is 36.9 Å². The Balaban J connectivity index is 1.42. The minimum Gasteiger partial charge on any atom is -0.419 e. The lowest BCUT2D eigenvalue weighted by molar-refractivity contribution is 0.188. The highest BCUT2D eigenvalue weighted by Gasteiger charge is 2.31. The van der Waals surface area contributed by atoms with Crippen molar-refractivity contribution in [1.29, 1.82) is 0 Å². The Labute approximate surface area is 203 Å². The van der Waals surface area contributed by atoms with Crippen molar-refractivity contribution in [3.8, 4) is 11.5 Å². The van der Waals surface area contributed by atoms with Crippen LogP contribution in [0.1, 0.15) is 23.1 Å². The molecule has 0 saturated carbocycles. The minimum absolute atomic E-state index is 0.127. The van der Waals surface area contributed by atoms with Crippen LogP contribution in [0.3, 0.4) is 0 Å². The molecule has 0 bridgehead atoms. The zero-order chi connectivity index (χ0) is 22.8. The summed E-state index contributed by atoms with van der Waals surface area (Å²) in [4.78, 5) is 4.79. The molecule has 1 aromatic heterocycles. The van der Waals surface area contributed by atoms with Crippen LogP contribution in [0.2, 0.25) is 10.0 Å². The van der Waals surface area contributed by atoms with Crippen LogP contribution in [0.5, 0.6) is 0 Å². The van der Waals surface area contributed by atoms with Crippen LogP contribution in [0, 0.1) is 6.92 Å². The highest BCUT2D eigenvalue weighted by molar-refractivity contribution is 6.33. The number of hydrogen-bond acceptors (Lipinski definition) is 5. The lowest BCUT2D eigenvalue weighted by Gasteiger charge is -2.39. The standard InChI is InChI=1S/C26H24Cl2N4O/c1-18-11-12-20(27)17-23(18)31-13-15-32(16-14-31)24(19-7-3-2-4-8-19)26-30-29-25(33-26)21-9-5-6-10-22(21)28/h2-12,17,24H,13-16H2,1H3/t24-/m1/s1. The number of benzene rings is 3. The maximum atomic E-state index is 6.36. The fourth-order valence-electron chi connectivity index (χ4n) is 4.38. The third-order valence-corrected chi connectivity index (χ3v) is 6.65. The van der Waals surface area contributed by atoms with Gasteiger partial charge in [0.25, 0.3) is 0 Å². The molecule has 3 aromatic carbocycles. The molecule has 0 N–H and O–H groups in total. The topological polar surface area (TPSA) is 45.4 Å². The fraction of sp³-hybridized carbons (Fsp3) is 0.231. The average Bonchev–Trinajstić information content (AvgIpc) is 3.32. The Hall–Kier alpha value is -2.86. The molecule has 7 heteroatoms. The van der Waals surface area contributed by atoms with Gasteiger partial charge in [-0.25, -0.2) is 0 Å². The SMILES string of the molecule is Cc1ccc(Cl)cc1N1CCN([C@H](c2ccccc2)c2nnc(-c3ccccc3Cl)o2)CC1. The van der Waals surface area contributed by atoms with E-state index in [4.69, 9.17) is 27.6 Å². The van der Waals surface area contributed by atoms with Crippen molar-refractivity contribution < 1.29 is 4.42 Å². The van der Waals surface area contributed by atoms with Crippen molar-refractivity contribution in [3.05, 3.63) is 99.9 Å². The minimum atomic E-state index is -0.127. The molecule has 0 radical (unpaired) electrons. The fourth-order valence-corrected chi connectivity index (χ4v) is 4.76. The molecule has 33 heavy (non-hydrogen) atoms. The molecule has 0 unspecified atom stereocenters. The molecule has 0 spiro atoms. The summed E-state index contributed by atoms with van der Waals surface area (Å²) in [6.45, 7) is 5.61. The molecule has 5 rings (SSSR count). The Kier molecular flexibility index (Phi) is 6.36. The molecule has 0 amide bonds. The lowest BCUT2D eigenvalue weighted by atomic mass is 10.0. The third-order valence-electron chi connectivity index (χ3n) is 6.09. The Morgan fingerprint density at radius 3 is 2.33 bits per heavy atom. The molecule has 5 nitrogen and oxygen atoms in total. The van der Waals surface area contributed by atoms with E-state index in [2.05, 4.69) is 51.2 Å². The van der Waals surface area contributed by atoms with Gasteiger partial charge in [-0.15, -0.1) is 10.2 Å². The van der Waals surface area contributed by atoms with Crippen LogP contribution in [0.25, 0.3) is 11.5 Å². The Morgan fingerprint density at radius 2 is 1.58 bits per heavy atom. The van der Waals surface area contributed by atoms with Crippen molar-refractivity contribution in [2.45, 2.75) is 13.0 Å². The quantitative estimate of drug-likeness (QED) is 0.338. The number of aromatic nitrogens is 2. The van der Waals surface area contributed by atoms with Gasteiger partial charge in [-0.05, 0) is 42.3 Å². The molecule has 1 aliphatic rings. The molecule has 1 saturated heterocycles. The van der Waals surface area contributed by atoms with Crippen LogP contribution < -0.4 is 4.90 Å². The summed E-state index contributed by atoms with van der Waals surface area (Å²) in [5, 5.41) is 10.1. The first kappa shape index (κ1) is 22.0. The van der Waals surface area contributed by atoms with E-state index in [9.17, 15) is 0 Å². The average molecular weight is 479 g/mol. The van der Waals surface area contributed by atoms with Crippen LogP contribution in [-0.2, 0) is 0 Å². The van der Waals surface area contributed by atoms with E-state index >= 15 is 0 Å². The van der Waals surface area contributed by atoms with Crippen LogP contribution in [0.15, 0.2) is 77.2 Å². The predicted molar refractivity (Wildman–Crippen MR) is 133 cm³/mol. The largest absolute Gasteiger partial charge is 0.419 e. The van der Waals surface area contributed by atoms with Gasteiger partial charge < -0.3 is 9.32 Å². The van der Waals surface area contributed by atoms with Gasteiger partial charge in [0.2, 0.25) is 11.8 Å². The van der Waals surface area contributed by atoms with Gasteiger partial charge in [-0.3, -0.25) is 4.90 Å². The second-order valence-electron chi connectivity index (χ2n) is 8.19. The molecule has 1 fully saturated rings. The van der Waals surface area contributed by atoms with E-state index in [1.54, 1.807) is 0 Å².